The van der Waals surface area contributed by atoms with E-state index in [1.807, 2.05) is 6.07 Å². The van der Waals surface area contributed by atoms with Gasteiger partial charge in [-0.1, -0.05) is 44.2 Å². The Kier molecular flexibility index (Phi) is 1.69. The van der Waals surface area contributed by atoms with Crippen LogP contribution in [-0.4, -0.2) is 0 Å². The minimum Gasteiger partial charge on any atom is -0.113 e. The predicted octanol–water partition coefficient (Wildman–Crippen LogP) is 3.41. The van der Waals surface area contributed by atoms with E-state index in [-0.39, 0.29) is 4.87 Å². The van der Waals surface area contributed by atoms with Gasteiger partial charge in [-0.2, -0.15) is 0 Å². The number of benzene rings is 1. The normalized spacial score (nSPS) is 39.6. The van der Waals surface area contributed by atoms with E-state index in [1.165, 1.54) is 5.56 Å². The van der Waals surface area contributed by atoms with E-state index in [1.54, 1.807) is 0 Å². The van der Waals surface area contributed by atoms with Crippen molar-refractivity contribution in [1.82, 2.24) is 0 Å². The molecule has 0 saturated heterocycles. The molecular formula is C11H13Cl. The second-order valence-electron chi connectivity index (χ2n) is 3.71. The molecule has 0 unspecified atom stereocenters. The third-order valence-electron chi connectivity index (χ3n) is 3.18. The highest BCUT2D eigenvalue weighted by atomic mass is 35.5. The summed E-state index contributed by atoms with van der Waals surface area (Å²) in [6, 6.07) is 10.4. The fourth-order valence-electron chi connectivity index (χ4n) is 1.94. The molecule has 0 amide bonds. The van der Waals surface area contributed by atoms with Crippen LogP contribution in [0.4, 0.5) is 0 Å². The first-order valence-electron chi connectivity index (χ1n) is 4.42. The summed E-state index contributed by atoms with van der Waals surface area (Å²) < 4.78 is 0. The van der Waals surface area contributed by atoms with E-state index in [0.29, 0.717) is 11.8 Å². The number of alkyl halides is 1. The molecule has 1 heteroatoms. The monoisotopic (exact) mass is 180 g/mol. The summed E-state index contributed by atoms with van der Waals surface area (Å²) in [7, 11) is 0. The molecule has 0 radical (unpaired) electrons. The van der Waals surface area contributed by atoms with Crippen LogP contribution in [0.15, 0.2) is 30.3 Å². The Hall–Kier alpha value is -0.490. The predicted molar refractivity (Wildman–Crippen MR) is 52.3 cm³/mol. The van der Waals surface area contributed by atoms with E-state index in [2.05, 4.69) is 38.1 Å². The molecule has 1 aliphatic carbocycles. The minimum atomic E-state index is -0.0682. The molecule has 0 spiro atoms. The van der Waals surface area contributed by atoms with Crippen molar-refractivity contribution < 1.29 is 0 Å². The van der Waals surface area contributed by atoms with Crippen LogP contribution in [-0.2, 0) is 4.87 Å². The molecule has 1 aromatic carbocycles. The van der Waals surface area contributed by atoms with E-state index in [0.717, 1.165) is 0 Å². The average Bonchev–Trinajstić information content (AvgIpc) is 2.60. The second-order valence-corrected chi connectivity index (χ2v) is 4.34. The first-order valence-corrected chi connectivity index (χ1v) is 4.79. The van der Waals surface area contributed by atoms with Gasteiger partial charge in [0.2, 0.25) is 0 Å². The van der Waals surface area contributed by atoms with Crippen molar-refractivity contribution in [2.75, 3.05) is 0 Å². The maximum absolute atomic E-state index is 6.47. The summed E-state index contributed by atoms with van der Waals surface area (Å²) in [6.45, 7) is 4.43. The Morgan fingerprint density at radius 3 is 2.00 bits per heavy atom. The van der Waals surface area contributed by atoms with E-state index < -0.39 is 0 Å². The molecule has 1 aliphatic rings. The van der Waals surface area contributed by atoms with Gasteiger partial charge in [0.05, 0.1) is 4.87 Å². The molecular weight excluding hydrogens is 168 g/mol. The van der Waals surface area contributed by atoms with Crippen molar-refractivity contribution in [1.29, 1.82) is 0 Å². The van der Waals surface area contributed by atoms with Gasteiger partial charge in [0.1, 0.15) is 0 Å². The van der Waals surface area contributed by atoms with Gasteiger partial charge in [0.15, 0.2) is 0 Å². The number of halogens is 1. The zero-order chi connectivity index (χ0) is 8.77. The van der Waals surface area contributed by atoms with Gasteiger partial charge in [0, 0.05) is 0 Å². The Labute approximate surface area is 78.6 Å². The van der Waals surface area contributed by atoms with Crippen LogP contribution in [0, 0.1) is 11.8 Å². The standard InChI is InChI=1S/C11H13Cl/c1-8-9(2)11(8,12)10-6-4-3-5-7-10/h3-9H,1-2H3/t8-,9-/m0/s1. The van der Waals surface area contributed by atoms with Crippen molar-refractivity contribution in [2.24, 2.45) is 11.8 Å². The van der Waals surface area contributed by atoms with Crippen LogP contribution in [0.25, 0.3) is 0 Å². The van der Waals surface area contributed by atoms with Crippen LogP contribution in [0.2, 0.25) is 0 Å². The zero-order valence-corrected chi connectivity index (χ0v) is 8.18. The molecule has 1 saturated carbocycles. The van der Waals surface area contributed by atoms with E-state index in [9.17, 15) is 0 Å². The number of hydrogen-bond donors (Lipinski definition) is 0. The summed E-state index contributed by atoms with van der Waals surface area (Å²) in [5.74, 6) is 1.23. The van der Waals surface area contributed by atoms with Crippen LogP contribution in [0.5, 0.6) is 0 Å². The number of hydrogen-bond acceptors (Lipinski definition) is 0. The van der Waals surface area contributed by atoms with Crippen molar-refractivity contribution >= 4 is 11.6 Å². The summed E-state index contributed by atoms with van der Waals surface area (Å²) >= 11 is 6.47. The van der Waals surface area contributed by atoms with Crippen molar-refractivity contribution in [3.63, 3.8) is 0 Å². The number of rotatable bonds is 1. The third-order valence-corrected chi connectivity index (χ3v) is 4.09. The molecule has 0 aliphatic heterocycles. The van der Waals surface area contributed by atoms with Gasteiger partial charge in [-0.15, -0.1) is 11.6 Å². The highest BCUT2D eigenvalue weighted by Gasteiger charge is 2.58. The third kappa shape index (κ3) is 0.910. The fourth-order valence-corrected chi connectivity index (χ4v) is 2.39. The Balaban J connectivity index is 2.34. The van der Waals surface area contributed by atoms with Crippen molar-refractivity contribution in [3.8, 4) is 0 Å². The van der Waals surface area contributed by atoms with Gasteiger partial charge in [0.25, 0.3) is 0 Å². The SMILES string of the molecule is C[C@H]1[C@H](C)C1(Cl)c1ccccc1. The zero-order valence-electron chi connectivity index (χ0n) is 7.42. The lowest BCUT2D eigenvalue weighted by molar-refractivity contribution is 0.834. The first-order chi connectivity index (χ1) is 5.67. The Morgan fingerprint density at radius 2 is 1.58 bits per heavy atom. The van der Waals surface area contributed by atoms with E-state index >= 15 is 0 Å². The fraction of sp³-hybridized carbons (Fsp3) is 0.455. The highest BCUT2D eigenvalue weighted by Crippen LogP contribution is 2.62. The van der Waals surface area contributed by atoms with Gasteiger partial charge >= 0.3 is 0 Å². The van der Waals surface area contributed by atoms with E-state index in [4.69, 9.17) is 11.6 Å². The Bertz CT molecular complexity index is 270. The van der Waals surface area contributed by atoms with Gasteiger partial charge < -0.3 is 0 Å². The summed E-state index contributed by atoms with van der Waals surface area (Å²) in [6.07, 6.45) is 0. The molecule has 2 atom stereocenters. The molecule has 0 heterocycles. The maximum Gasteiger partial charge on any atom is 0.0752 e. The molecule has 0 bridgehead atoms. The van der Waals surface area contributed by atoms with Crippen molar-refractivity contribution in [2.45, 2.75) is 18.7 Å². The lowest BCUT2D eigenvalue weighted by Crippen LogP contribution is -2.00. The summed E-state index contributed by atoms with van der Waals surface area (Å²) in [5.41, 5.74) is 1.27. The lowest BCUT2D eigenvalue weighted by atomic mass is 10.1. The Morgan fingerprint density at radius 1 is 1.08 bits per heavy atom. The average molecular weight is 181 g/mol. The molecule has 12 heavy (non-hydrogen) atoms. The van der Waals surface area contributed by atoms with Gasteiger partial charge in [-0.05, 0) is 17.4 Å². The topological polar surface area (TPSA) is 0 Å². The van der Waals surface area contributed by atoms with Gasteiger partial charge in [-0.25, -0.2) is 0 Å². The summed E-state index contributed by atoms with van der Waals surface area (Å²) in [4.78, 5) is -0.0682. The van der Waals surface area contributed by atoms with Crippen LogP contribution >= 0.6 is 11.6 Å². The summed E-state index contributed by atoms with van der Waals surface area (Å²) in [5, 5.41) is 0. The molecule has 0 aromatic heterocycles. The van der Waals surface area contributed by atoms with Crippen LogP contribution < -0.4 is 0 Å². The maximum atomic E-state index is 6.47. The largest absolute Gasteiger partial charge is 0.113 e. The smallest absolute Gasteiger partial charge is 0.0752 e. The molecule has 1 fully saturated rings. The lowest BCUT2D eigenvalue weighted by Gasteiger charge is -2.07. The molecule has 0 nitrogen and oxygen atoms in total. The highest BCUT2D eigenvalue weighted by molar-refractivity contribution is 6.26. The first kappa shape index (κ1) is 8.12. The molecule has 0 N–H and O–H groups in total. The van der Waals surface area contributed by atoms with Gasteiger partial charge in [-0.3, -0.25) is 0 Å². The molecule has 64 valence electrons. The van der Waals surface area contributed by atoms with Crippen LogP contribution in [0.3, 0.4) is 0 Å². The minimum absolute atomic E-state index is 0.0682. The van der Waals surface area contributed by atoms with Crippen molar-refractivity contribution in [3.05, 3.63) is 35.9 Å². The van der Waals surface area contributed by atoms with Crippen LogP contribution in [0.1, 0.15) is 19.4 Å². The second kappa shape index (κ2) is 2.50. The molecule has 1 aromatic rings. The molecule has 2 rings (SSSR count). The quantitative estimate of drug-likeness (QED) is 0.582.